The van der Waals surface area contributed by atoms with Crippen LogP contribution in [0.2, 0.25) is 0 Å². The van der Waals surface area contributed by atoms with Crippen LogP contribution >= 0.6 is 0 Å². The Labute approximate surface area is 96.7 Å². The van der Waals surface area contributed by atoms with Gasteiger partial charge < -0.3 is 4.90 Å². The summed E-state index contributed by atoms with van der Waals surface area (Å²) >= 11 is 0. The molecule has 0 unspecified atom stereocenters. The van der Waals surface area contributed by atoms with Gasteiger partial charge in [0.2, 0.25) is 0 Å². The minimum Gasteiger partial charge on any atom is -0.369 e. The molecule has 0 saturated heterocycles. The van der Waals surface area contributed by atoms with Crippen molar-refractivity contribution in [3.05, 3.63) is 30.1 Å². The smallest absolute Gasteiger partial charge is 0.0898 e. The third-order valence-corrected chi connectivity index (χ3v) is 3.00. The lowest BCUT2D eigenvalue weighted by atomic mass is 10.2. The van der Waals surface area contributed by atoms with Gasteiger partial charge >= 0.3 is 0 Å². The van der Waals surface area contributed by atoms with Gasteiger partial charge in [-0.2, -0.15) is 5.10 Å². The lowest BCUT2D eigenvalue weighted by molar-refractivity contribution is 0.851. The van der Waals surface area contributed by atoms with Crippen LogP contribution in [0, 0.1) is 0 Å². The van der Waals surface area contributed by atoms with Crippen LogP contribution in [0.5, 0.6) is 0 Å². The van der Waals surface area contributed by atoms with Crippen LogP contribution in [-0.2, 0) is 6.42 Å². The highest BCUT2D eigenvalue weighted by molar-refractivity contribution is 5.75. The molecule has 0 bridgehead atoms. The topological polar surface area (TPSA) is 20.5 Å². The predicted octanol–water partition coefficient (Wildman–Crippen LogP) is 2.74. The molecule has 0 spiro atoms. The number of aryl methyl sites for hydroxylation is 1. The molecule has 2 rings (SSSR count). The first-order chi connectivity index (χ1) is 7.81. The fraction of sp³-hybridized carbons (Fsp3) is 0.462. The highest BCUT2D eigenvalue weighted by Crippen LogP contribution is 2.26. The number of fused-ring (bicyclic) bond motifs is 1. The van der Waals surface area contributed by atoms with E-state index in [9.17, 15) is 0 Å². The van der Waals surface area contributed by atoms with E-state index >= 15 is 0 Å². The van der Waals surface area contributed by atoms with Crippen LogP contribution in [0.1, 0.15) is 26.5 Å². The Morgan fingerprint density at radius 1 is 1.19 bits per heavy atom. The fourth-order valence-corrected chi connectivity index (χ4v) is 2.16. The second-order valence-corrected chi connectivity index (χ2v) is 3.85. The normalized spacial score (nSPS) is 10.9. The number of rotatable bonds is 4. The monoisotopic (exact) mass is 217 g/mol. The summed E-state index contributed by atoms with van der Waals surface area (Å²) < 4.78 is 1.98. The molecular formula is C13H19N3. The van der Waals surface area contributed by atoms with Crippen LogP contribution in [0.25, 0.3) is 5.52 Å². The summed E-state index contributed by atoms with van der Waals surface area (Å²) in [6.45, 7) is 8.60. The molecule has 0 N–H and O–H groups in total. The first-order valence-corrected chi connectivity index (χ1v) is 6.03. The van der Waals surface area contributed by atoms with Gasteiger partial charge in [-0.05, 0) is 32.4 Å². The van der Waals surface area contributed by atoms with Crippen LogP contribution in [0.3, 0.4) is 0 Å². The van der Waals surface area contributed by atoms with Gasteiger partial charge in [0, 0.05) is 19.3 Å². The van der Waals surface area contributed by atoms with Gasteiger partial charge in [0.25, 0.3) is 0 Å². The average molecular weight is 217 g/mol. The lowest BCUT2D eigenvalue weighted by Crippen LogP contribution is -2.22. The first-order valence-electron chi connectivity index (χ1n) is 6.03. The number of aromatic nitrogens is 2. The Morgan fingerprint density at radius 3 is 2.56 bits per heavy atom. The van der Waals surface area contributed by atoms with E-state index in [1.54, 1.807) is 0 Å². The summed E-state index contributed by atoms with van der Waals surface area (Å²) in [6, 6.07) is 6.23. The maximum absolute atomic E-state index is 4.62. The molecule has 0 radical (unpaired) electrons. The van der Waals surface area contributed by atoms with E-state index in [4.69, 9.17) is 0 Å². The first kappa shape index (κ1) is 11.0. The molecule has 0 aliphatic carbocycles. The standard InChI is InChI=1S/C13H19N3/c1-4-11-13(15(5-2)6-3)12-9-7-8-10-16(12)14-11/h7-10H,4-6H2,1-3H3. The Kier molecular flexibility index (Phi) is 3.13. The fourth-order valence-electron chi connectivity index (χ4n) is 2.16. The van der Waals surface area contributed by atoms with Gasteiger partial charge in [0.15, 0.2) is 0 Å². The zero-order valence-corrected chi connectivity index (χ0v) is 10.3. The number of nitrogens with zero attached hydrogens (tertiary/aromatic N) is 3. The van der Waals surface area contributed by atoms with Crippen molar-refractivity contribution in [1.29, 1.82) is 0 Å². The summed E-state index contributed by atoms with van der Waals surface area (Å²) in [7, 11) is 0. The molecular weight excluding hydrogens is 198 g/mol. The van der Waals surface area contributed by atoms with Crippen LogP contribution in [0.15, 0.2) is 24.4 Å². The molecule has 2 aromatic rings. The molecule has 0 atom stereocenters. The predicted molar refractivity (Wildman–Crippen MR) is 68.1 cm³/mol. The van der Waals surface area contributed by atoms with Crippen molar-refractivity contribution < 1.29 is 0 Å². The highest BCUT2D eigenvalue weighted by Gasteiger charge is 2.14. The van der Waals surface area contributed by atoms with Crippen molar-refractivity contribution in [2.24, 2.45) is 0 Å². The van der Waals surface area contributed by atoms with Crippen molar-refractivity contribution in [3.8, 4) is 0 Å². The third kappa shape index (κ3) is 1.66. The van der Waals surface area contributed by atoms with Gasteiger partial charge in [-0.25, -0.2) is 4.52 Å². The van der Waals surface area contributed by atoms with Gasteiger partial charge in [0.05, 0.1) is 16.9 Å². The number of hydrogen-bond donors (Lipinski definition) is 0. The summed E-state index contributed by atoms with van der Waals surface area (Å²) in [6.07, 6.45) is 3.00. The Morgan fingerprint density at radius 2 is 1.94 bits per heavy atom. The third-order valence-electron chi connectivity index (χ3n) is 3.00. The molecule has 0 fully saturated rings. The maximum atomic E-state index is 4.62. The van der Waals surface area contributed by atoms with Gasteiger partial charge in [-0.15, -0.1) is 0 Å². The van der Waals surface area contributed by atoms with Crippen molar-refractivity contribution in [2.75, 3.05) is 18.0 Å². The Bertz CT molecular complexity index is 469. The summed E-state index contributed by atoms with van der Waals surface area (Å²) in [4.78, 5) is 2.38. The molecule has 0 aromatic carbocycles. The van der Waals surface area contributed by atoms with Crippen molar-refractivity contribution in [1.82, 2.24) is 9.61 Å². The average Bonchev–Trinajstić information content (AvgIpc) is 2.70. The molecule has 2 aromatic heterocycles. The number of anilines is 1. The molecule has 0 amide bonds. The van der Waals surface area contributed by atoms with Crippen LogP contribution in [-0.4, -0.2) is 22.7 Å². The SMILES string of the molecule is CCc1nn2ccccc2c1N(CC)CC. The molecule has 0 aliphatic rings. The van der Waals surface area contributed by atoms with Crippen molar-refractivity contribution >= 4 is 11.2 Å². The van der Waals surface area contributed by atoms with Gasteiger partial charge in [0.1, 0.15) is 0 Å². The van der Waals surface area contributed by atoms with E-state index in [1.165, 1.54) is 16.9 Å². The molecule has 86 valence electrons. The summed E-state index contributed by atoms with van der Waals surface area (Å²) in [5.74, 6) is 0. The van der Waals surface area contributed by atoms with Crippen LogP contribution < -0.4 is 4.90 Å². The van der Waals surface area contributed by atoms with Gasteiger partial charge in [-0.3, -0.25) is 0 Å². The minimum absolute atomic E-state index is 0.980. The Hall–Kier alpha value is -1.51. The molecule has 0 aliphatic heterocycles. The Balaban J connectivity index is 2.63. The second kappa shape index (κ2) is 4.56. The van der Waals surface area contributed by atoms with E-state index in [-0.39, 0.29) is 0 Å². The number of pyridine rings is 1. The zero-order valence-electron chi connectivity index (χ0n) is 10.3. The zero-order chi connectivity index (χ0) is 11.5. The van der Waals surface area contributed by atoms with E-state index in [0.29, 0.717) is 0 Å². The largest absolute Gasteiger partial charge is 0.369 e. The van der Waals surface area contributed by atoms with Crippen LogP contribution in [0.4, 0.5) is 5.69 Å². The minimum atomic E-state index is 0.980. The van der Waals surface area contributed by atoms with E-state index < -0.39 is 0 Å². The summed E-state index contributed by atoms with van der Waals surface area (Å²) in [5.41, 5.74) is 3.70. The summed E-state index contributed by atoms with van der Waals surface area (Å²) in [5, 5.41) is 4.62. The van der Waals surface area contributed by atoms with E-state index in [2.05, 4.69) is 42.9 Å². The molecule has 2 heterocycles. The number of hydrogen-bond acceptors (Lipinski definition) is 2. The highest BCUT2D eigenvalue weighted by atomic mass is 15.3. The molecule has 3 heteroatoms. The molecule has 0 saturated carbocycles. The van der Waals surface area contributed by atoms with Crippen molar-refractivity contribution in [2.45, 2.75) is 27.2 Å². The molecule has 3 nitrogen and oxygen atoms in total. The van der Waals surface area contributed by atoms with E-state index in [1.807, 2.05) is 16.8 Å². The van der Waals surface area contributed by atoms with E-state index in [0.717, 1.165) is 19.5 Å². The van der Waals surface area contributed by atoms with Crippen molar-refractivity contribution in [3.63, 3.8) is 0 Å². The second-order valence-electron chi connectivity index (χ2n) is 3.85. The lowest BCUT2D eigenvalue weighted by Gasteiger charge is -2.20. The maximum Gasteiger partial charge on any atom is 0.0898 e. The molecule has 16 heavy (non-hydrogen) atoms. The quantitative estimate of drug-likeness (QED) is 0.785. The van der Waals surface area contributed by atoms with Gasteiger partial charge in [-0.1, -0.05) is 13.0 Å².